The third-order valence-corrected chi connectivity index (χ3v) is 1.96. The first-order valence-corrected chi connectivity index (χ1v) is 5.46. The van der Waals surface area contributed by atoms with E-state index in [1.807, 2.05) is 13.8 Å². The van der Waals surface area contributed by atoms with Crippen LogP contribution in [0, 0.1) is 0 Å². The summed E-state index contributed by atoms with van der Waals surface area (Å²) >= 11 is 0. The van der Waals surface area contributed by atoms with Crippen LogP contribution in [0.2, 0.25) is 0 Å². The Morgan fingerprint density at radius 3 is 2.43 bits per heavy atom. The molecule has 2 nitrogen and oxygen atoms in total. The molecular weight excluding hydrogens is 176 g/mol. The van der Waals surface area contributed by atoms with E-state index in [4.69, 9.17) is 4.74 Å². The molecule has 0 spiro atoms. The lowest BCUT2D eigenvalue weighted by Crippen LogP contribution is -2.13. The van der Waals surface area contributed by atoms with Crippen LogP contribution in [0.15, 0.2) is 12.2 Å². The average Bonchev–Trinajstić information content (AvgIpc) is 2.11. The van der Waals surface area contributed by atoms with Gasteiger partial charge in [0.15, 0.2) is 0 Å². The molecule has 0 saturated carbocycles. The van der Waals surface area contributed by atoms with E-state index >= 15 is 0 Å². The molecule has 0 aromatic rings. The summed E-state index contributed by atoms with van der Waals surface area (Å²) in [6.07, 6.45) is 5.38. The van der Waals surface area contributed by atoms with Gasteiger partial charge in [-0.25, -0.2) is 4.79 Å². The lowest BCUT2D eigenvalue weighted by atomic mass is 10.1. The van der Waals surface area contributed by atoms with Crippen molar-refractivity contribution >= 4 is 5.97 Å². The van der Waals surface area contributed by atoms with Gasteiger partial charge < -0.3 is 4.74 Å². The molecule has 2 heteroatoms. The van der Waals surface area contributed by atoms with E-state index in [9.17, 15) is 4.79 Å². The highest BCUT2D eigenvalue weighted by molar-refractivity contribution is 5.87. The fourth-order valence-corrected chi connectivity index (χ4v) is 1.16. The van der Waals surface area contributed by atoms with Crippen molar-refractivity contribution in [3.63, 3.8) is 0 Å². The van der Waals surface area contributed by atoms with Gasteiger partial charge in [0.2, 0.25) is 0 Å². The second-order valence-electron chi connectivity index (χ2n) is 3.87. The summed E-state index contributed by atoms with van der Waals surface area (Å²) in [6, 6.07) is 0. The Morgan fingerprint density at radius 1 is 1.29 bits per heavy atom. The predicted octanol–water partition coefficient (Wildman–Crippen LogP) is 3.46. The molecule has 0 aliphatic heterocycles. The first-order valence-electron chi connectivity index (χ1n) is 5.46. The Morgan fingerprint density at radius 2 is 1.93 bits per heavy atom. The van der Waals surface area contributed by atoms with Crippen molar-refractivity contribution in [1.29, 1.82) is 0 Å². The molecule has 0 N–H and O–H groups in total. The van der Waals surface area contributed by atoms with Crippen LogP contribution in [0.5, 0.6) is 0 Å². The van der Waals surface area contributed by atoms with Gasteiger partial charge in [0.1, 0.15) is 0 Å². The minimum atomic E-state index is -0.239. The minimum Gasteiger partial charge on any atom is -0.460 e. The standard InChI is InChI=1S/C12H22O2/c1-5-6-7-8-9-11(4)12(13)14-10(2)3/h10H,4-9H2,1-3H3. The summed E-state index contributed by atoms with van der Waals surface area (Å²) in [6.45, 7) is 9.60. The molecule has 0 radical (unpaired) electrons. The smallest absolute Gasteiger partial charge is 0.333 e. The lowest BCUT2D eigenvalue weighted by Gasteiger charge is -2.09. The Kier molecular flexibility index (Phi) is 7.17. The van der Waals surface area contributed by atoms with Gasteiger partial charge in [0.05, 0.1) is 6.10 Å². The number of carbonyl (C=O) groups excluding carboxylic acids is 1. The summed E-state index contributed by atoms with van der Waals surface area (Å²) in [4.78, 5) is 11.3. The molecular formula is C12H22O2. The first-order chi connectivity index (χ1) is 6.57. The monoisotopic (exact) mass is 198 g/mol. The second kappa shape index (κ2) is 7.60. The van der Waals surface area contributed by atoms with Crippen LogP contribution in [0.25, 0.3) is 0 Å². The first kappa shape index (κ1) is 13.2. The zero-order chi connectivity index (χ0) is 11.0. The second-order valence-corrected chi connectivity index (χ2v) is 3.87. The highest BCUT2D eigenvalue weighted by Crippen LogP contribution is 2.10. The van der Waals surface area contributed by atoms with Crippen LogP contribution in [0.3, 0.4) is 0 Å². The maximum Gasteiger partial charge on any atom is 0.333 e. The lowest BCUT2D eigenvalue weighted by molar-refractivity contribution is -0.142. The van der Waals surface area contributed by atoms with Crippen molar-refractivity contribution in [2.45, 2.75) is 59.0 Å². The molecule has 0 heterocycles. The van der Waals surface area contributed by atoms with Crippen LogP contribution in [0.1, 0.15) is 52.9 Å². The van der Waals surface area contributed by atoms with Crippen molar-refractivity contribution in [1.82, 2.24) is 0 Å². The highest BCUT2D eigenvalue weighted by atomic mass is 16.5. The van der Waals surface area contributed by atoms with E-state index in [2.05, 4.69) is 13.5 Å². The normalized spacial score (nSPS) is 10.3. The molecule has 0 unspecified atom stereocenters. The molecule has 0 aliphatic rings. The van der Waals surface area contributed by atoms with Crippen LogP contribution in [-0.4, -0.2) is 12.1 Å². The van der Waals surface area contributed by atoms with Gasteiger partial charge in [-0.05, 0) is 26.7 Å². The van der Waals surface area contributed by atoms with Gasteiger partial charge in [-0.1, -0.05) is 32.8 Å². The van der Waals surface area contributed by atoms with Crippen molar-refractivity contribution in [2.24, 2.45) is 0 Å². The van der Waals surface area contributed by atoms with Gasteiger partial charge in [-0.3, -0.25) is 0 Å². The number of hydrogen-bond donors (Lipinski definition) is 0. The van der Waals surface area contributed by atoms with E-state index in [1.165, 1.54) is 19.3 Å². The summed E-state index contributed by atoms with van der Waals surface area (Å²) in [7, 11) is 0. The average molecular weight is 198 g/mol. The SMILES string of the molecule is C=C(CCCCCC)C(=O)OC(C)C. The largest absolute Gasteiger partial charge is 0.460 e. The van der Waals surface area contributed by atoms with E-state index in [0.29, 0.717) is 5.57 Å². The number of hydrogen-bond acceptors (Lipinski definition) is 2. The van der Waals surface area contributed by atoms with E-state index in [0.717, 1.165) is 12.8 Å². The fraction of sp³-hybridized carbons (Fsp3) is 0.750. The molecule has 0 aromatic carbocycles. The van der Waals surface area contributed by atoms with Crippen molar-refractivity contribution in [2.75, 3.05) is 0 Å². The summed E-state index contributed by atoms with van der Waals surface area (Å²) in [5.41, 5.74) is 0.606. The Labute approximate surface area is 87.3 Å². The van der Waals surface area contributed by atoms with E-state index in [1.54, 1.807) is 0 Å². The third kappa shape index (κ3) is 6.70. The number of rotatable bonds is 7. The zero-order valence-corrected chi connectivity index (χ0v) is 9.64. The van der Waals surface area contributed by atoms with Crippen molar-refractivity contribution in [3.05, 3.63) is 12.2 Å². The molecule has 0 amide bonds. The van der Waals surface area contributed by atoms with Crippen LogP contribution in [-0.2, 0) is 9.53 Å². The molecule has 0 aromatic heterocycles. The van der Waals surface area contributed by atoms with Crippen molar-refractivity contribution in [3.8, 4) is 0 Å². The molecule has 14 heavy (non-hydrogen) atoms. The molecule has 0 atom stereocenters. The van der Waals surface area contributed by atoms with Gasteiger partial charge >= 0.3 is 5.97 Å². The molecule has 0 saturated heterocycles. The molecule has 0 aliphatic carbocycles. The summed E-state index contributed by atoms with van der Waals surface area (Å²) < 4.78 is 5.03. The van der Waals surface area contributed by atoms with E-state index < -0.39 is 0 Å². The Balaban J connectivity index is 3.58. The summed E-state index contributed by atoms with van der Waals surface area (Å²) in [5, 5.41) is 0. The van der Waals surface area contributed by atoms with Gasteiger partial charge in [-0.15, -0.1) is 0 Å². The maximum absolute atomic E-state index is 11.3. The molecule has 0 bridgehead atoms. The van der Waals surface area contributed by atoms with Crippen molar-refractivity contribution < 1.29 is 9.53 Å². The molecule has 0 rings (SSSR count). The minimum absolute atomic E-state index is 0.0464. The van der Waals surface area contributed by atoms with Gasteiger partial charge in [0.25, 0.3) is 0 Å². The highest BCUT2D eigenvalue weighted by Gasteiger charge is 2.09. The maximum atomic E-state index is 11.3. The third-order valence-electron chi connectivity index (χ3n) is 1.96. The Bertz CT molecular complexity index is 183. The predicted molar refractivity (Wildman–Crippen MR) is 59.1 cm³/mol. The van der Waals surface area contributed by atoms with Gasteiger partial charge in [-0.2, -0.15) is 0 Å². The Hall–Kier alpha value is -0.790. The van der Waals surface area contributed by atoms with E-state index in [-0.39, 0.29) is 12.1 Å². The number of esters is 1. The summed E-state index contributed by atoms with van der Waals surface area (Å²) in [5.74, 6) is -0.239. The quantitative estimate of drug-likeness (QED) is 0.356. The molecule has 82 valence electrons. The number of carbonyl (C=O) groups is 1. The van der Waals surface area contributed by atoms with Crippen LogP contribution < -0.4 is 0 Å². The molecule has 0 fully saturated rings. The van der Waals surface area contributed by atoms with Crippen LogP contribution in [0.4, 0.5) is 0 Å². The zero-order valence-electron chi connectivity index (χ0n) is 9.64. The number of ether oxygens (including phenoxy) is 1. The fourth-order valence-electron chi connectivity index (χ4n) is 1.16. The van der Waals surface area contributed by atoms with Crippen LogP contribution >= 0.6 is 0 Å². The van der Waals surface area contributed by atoms with Gasteiger partial charge in [0, 0.05) is 5.57 Å². The number of unbranched alkanes of at least 4 members (excludes halogenated alkanes) is 3. The topological polar surface area (TPSA) is 26.3 Å².